The number of hydrogen-bond acceptors (Lipinski definition) is 5. The molecule has 23 heavy (non-hydrogen) atoms. The molecule has 2 saturated heterocycles. The van der Waals surface area contributed by atoms with Crippen LogP contribution in [0.5, 0.6) is 0 Å². The molecule has 0 saturated carbocycles. The lowest BCUT2D eigenvalue weighted by Gasteiger charge is -2.34. The lowest BCUT2D eigenvalue weighted by Crippen LogP contribution is -2.53. The van der Waals surface area contributed by atoms with Crippen LogP contribution in [0.15, 0.2) is 24.5 Å². The van der Waals surface area contributed by atoms with E-state index in [0.29, 0.717) is 39.3 Å². The first-order valence-electron chi connectivity index (χ1n) is 8.34. The van der Waals surface area contributed by atoms with Gasteiger partial charge in [0.2, 0.25) is 5.91 Å². The van der Waals surface area contributed by atoms with Crippen LogP contribution >= 0.6 is 0 Å². The maximum atomic E-state index is 12.6. The molecule has 1 aromatic heterocycles. The van der Waals surface area contributed by atoms with Crippen LogP contribution in [0, 0.1) is 0 Å². The number of hydrogen-bond donors (Lipinski definition) is 1. The number of pyridine rings is 1. The van der Waals surface area contributed by atoms with E-state index in [9.17, 15) is 9.90 Å². The van der Waals surface area contributed by atoms with Gasteiger partial charge in [-0.3, -0.25) is 9.78 Å². The van der Waals surface area contributed by atoms with E-state index in [1.165, 1.54) is 12.8 Å². The second-order valence-corrected chi connectivity index (χ2v) is 6.61. The van der Waals surface area contributed by atoms with Crippen LogP contribution in [-0.4, -0.2) is 77.3 Å². The van der Waals surface area contributed by atoms with Crippen molar-refractivity contribution in [2.75, 3.05) is 45.9 Å². The number of aromatic nitrogens is 1. The number of β-amino-alcohol motifs (C(OH)–C–C–N with tert-alkyl or cyclic N) is 1. The highest BCUT2D eigenvalue weighted by molar-refractivity contribution is 5.78. The summed E-state index contributed by atoms with van der Waals surface area (Å²) in [6.45, 7) is 4.24. The van der Waals surface area contributed by atoms with Gasteiger partial charge >= 0.3 is 0 Å². The summed E-state index contributed by atoms with van der Waals surface area (Å²) in [4.78, 5) is 20.6. The van der Waals surface area contributed by atoms with E-state index in [4.69, 9.17) is 4.74 Å². The molecular weight excluding hydrogens is 294 g/mol. The van der Waals surface area contributed by atoms with Crippen molar-refractivity contribution < 1.29 is 14.6 Å². The molecule has 1 amide bonds. The van der Waals surface area contributed by atoms with Gasteiger partial charge in [-0.2, -0.15) is 0 Å². The summed E-state index contributed by atoms with van der Waals surface area (Å²) in [5.74, 6) is 0.0170. The van der Waals surface area contributed by atoms with E-state index in [1.807, 2.05) is 12.1 Å². The van der Waals surface area contributed by atoms with Gasteiger partial charge in [-0.05, 0) is 37.6 Å². The third-order valence-electron chi connectivity index (χ3n) is 4.51. The second-order valence-electron chi connectivity index (χ2n) is 6.61. The van der Waals surface area contributed by atoms with Gasteiger partial charge in [0.25, 0.3) is 0 Å². The molecule has 2 aliphatic rings. The summed E-state index contributed by atoms with van der Waals surface area (Å²) in [6.07, 6.45) is 6.08. The minimum atomic E-state index is -0.981. The van der Waals surface area contributed by atoms with Gasteiger partial charge in [0, 0.05) is 25.5 Å². The molecule has 0 bridgehead atoms. The normalized spacial score (nSPS) is 26.2. The molecule has 2 fully saturated rings. The SMILES string of the molecule is O=C(Cc1cccnc1)N1CCOC[C@@](O)(CN2CCCC2)C1. The molecule has 1 aromatic rings. The van der Waals surface area contributed by atoms with Crippen molar-refractivity contribution in [3.8, 4) is 0 Å². The summed E-state index contributed by atoms with van der Waals surface area (Å²) in [6, 6.07) is 3.73. The summed E-state index contributed by atoms with van der Waals surface area (Å²) in [5, 5.41) is 10.9. The third kappa shape index (κ3) is 4.50. The van der Waals surface area contributed by atoms with Crippen molar-refractivity contribution in [3.05, 3.63) is 30.1 Å². The fourth-order valence-corrected chi connectivity index (χ4v) is 3.37. The zero-order chi connectivity index (χ0) is 16.1. The van der Waals surface area contributed by atoms with E-state index >= 15 is 0 Å². The molecule has 1 N–H and O–H groups in total. The molecule has 6 heteroatoms. The van der Waals surface area contributed by atoms with Crippen LogP contribution in [0.25, 0.3) is 0 Å². The molecule has 0 radical (unpaired) electrons. The largest absolute Gasteiger partial charge is 0.384 e. The van der Waals surface area contributed by atoms with E-state index in [0.717, 1.165) is 18.7 Å². The molecule has 0 unspecified atom stereocenters. The van der Waals surface area contributed by atoms with Crippen molar-refractivity contribution in [1.82, 2.24) is 14.8 Å². The summed E-state index contributed by atoms with van der Waals surface area (Å²) >= 11 is 0. The average Bonchev–Trinajstić information content (AvgIpc) is 2.96. The topological polar surface area (TPSA) is 65.9 Å². The smallest absolute Gasteiger partial charge is 0.227 e. The molecule has 6 nitrogen and oxygen atoms in total. The zero-order valence-electron chi connectivity index (χ0n) is 13.5. The number of carbonyl (C=O) groups is 1. The van der Waals surface area contributed by atoms with Crippen molar-refractivity contribution in [2.45, 2.75) is 24.9 Å². The maximum Gasteiger partial charge on any atom is 0.227 e. The van der Waals surface area contributed by atoms with Crippen LogP contribution in [0.3, 0.4) is 0 Å². The lowest BCUT2D eigenvalue weighted by molar-refractivity contribution is -0.133. The molecule has 3 rings (SSSR count). The van der Waals surface area contributed by atoms with E-state index < -0.39 is 5.60 Å². The minimum Gasteiger partial charge on any atom is -0.384 e. The predicted octanol–water partition coefficient (Wildman–Crippen LogP) is 0.310. The van der Waals surface area contributed by atoms with Gasteiger partial charge < -0.3 is 19.6 Å². The number of amides is 1. The van der Waals surface area contributed by atoms with Crippen LogP contribution in [-0.2, 0) is 16.0 Å². The molecular formula is C17H25N3O3. The quantitative estimate of drug-likeness (QED) is 0.865. The van der Waals surface area contributed by atoms with Gasteiger partial charge in [0.05, 0.1) is 26.2 Å². The fraction of sp³-hybridized carbons (Fsp3) is 0.647. The number of nitrogens with zero attached hydrogens (tertiary/aromatic N) is 3. The Morgan fingerprint density at radius 2 is 2.17 bits per heavy atom. The molecule has 0 aliphatic carbocycles. The van der Waals surface area contributed by atoms with Crippen LogP contribution in [0.4, 0.5) is 0 Å². The molecule has 0 spiro atoms. The predicted molar refractivity (Wildman–Crippen MR) is 86.0 cm³/mol. The molecule has 0 aromatic carbocycles. The Morgan fingerprint density at radius 3 is 2.91 bits per heavy atom. The van der Waals surface area contributed by atoms with Crippen LogP contribution < -0.4 is 0 Å². The summed E-state index contributed by atoms with van der Waals surface area (Å²) in [7, 11) is 0. The number of likely N-dealkylation sites (tertiary alicyclic amines) is 1. The first-order chi connectivity index (χ1) is 11.1. The van der Waals surface area contributed by atoms with Crippen molar-refractivity contribution in [3.63, 3.8) is 0 Å². The highest BCUT2D eigenvalue weighted by Gasteiger charge is 2.36. The van der Waals surface area contributed by atoms with Crippen molar-refractivity contribution in [2.24, 2.45) is 0 Å². The fourth-order valence-electron chi connectivity index (χ4n) is 3.37. The maximum absolute atomic E-state index is 12.6. The van der Waals surface area contributed by atoms with Crippen molar-refractivity contribution >= 4 is 5.91 Å². The average molecular weight is 319 g/mol. The van der Waals surface area contributed by atoms with E-state index in [1.54, 1.807) is 17.3 Å². The molecule has 3 heterocycles. The second kappa shape index (κ2) is 7.38. The first-order valence-corrected chi connectivity index (χ1v) is 8.34. The standard InChI is InChI=1S/C17H25N3O3/c21-16(10-15-4-3-5-18-11-15)20-8-9-23-14-17(22,13-20)12-19-6-1-2-7-19/h3-5,11,22H,1-2,6-10,12-14H2/t17-/m1/s1. The highest BCUT2D eigenvalue weighted by atomic mass is 16.5. The van der Waals surface area contributed by atoms with Gasteiger partial charge in [0.15, 0.2) is 0 Å². The third-order valence-corrected chi connectivity index (χ3v) is 4.51. The van der Waals surface area contributed by atoms with E-state index in [2.05, 4.69) is 9.88 Å². The van der Waals surface area contributed by atoms with E-state index in [-0.39, 0.29) is 5.91 Å². The van der Waals surface area contributed by atoms with Gasteiger partial charge in [-0.25, -0.2) is 0 Å². The monoisotopic (exact) mass is 319 g/mol. The van der Waals surface area contributed by atoms with Crippen LogP contribution in [0.1, 0.15) is 18.4 Å². The Kier molecular flexibility index (Phi) is 5.25. The van der Waals surface area contributed by atoms with Gasteiger partial charge in [-0.1, -0.05) is 6.07 Å². The number of ether oxygens (including phenoxy) is 1. The number of rotatable bonds is 4. The highest BCUT2D eigenvalue weighted by Crippen LogP contribution is 2.18. The number of aliphatic hydroxyl groups is 1. The van der Waals surface area contributed by atoms with Crippen molar-refractivity contribution in [1.29, 1.82) is 0 Å². The van der Waals surface area contributed by atoms with Gasteiger partial charge in [0.1, 0.15) is 5.60 Å². The number of carbonyl (C=O) groups excluding carboxylic acids is 1. The molecule has 2 aliphatic heterocycles. The Balaban J connectivity index is 1.62. The zero-order valence-corrected chi connectivity index (χ0v) is 13.5. The molecule has 126 valence electrons. The Hall–Kier alpha value is -1.50. The molecule has 1 atom stereocenters. The lowest BCUT2D eigenvalue weighted by atomic mass is 10.0. The minimum absolute atomic E-state index is 0.0170. The van der Waals surface area contributed by atoms with Crippen LogP contribution in [0.2, 0.25) is 0 Å². The summed E-state index contributed by atoms with van der Waals surface area (Å²) < 4.78 is 5.57. The first kappa shape index (κ1) is 16.4. The summed E-state index contributed by atoms with van der Waals surface area (Å²) in [5.41, 5.74) is -0.0865. The van der Waals surface area contributed by atoms with Gasteiger partial charge in [-0.15, -0.1) is 0 Å². The Bertz CT molecular complexity index is 519. The Morgan fingerprint density at radius 1 is 1.35 bits per heavy atom. The Labute approximate surface area is 137 Å².